The molecule has 0 radical (unpaired) electrons. The molecular formula is C21H21ClN4O3. The Labute approximate surface area is 172 Å². The summed E-state index contributed by atoms with van der Waals surface area (Å²) in [6.07, 6.45) is 5.00. The lowest BCUT2D eigenvalue weighted by molar-refractivity contribution is 0.0891. The first-order valence-electron chi connectivity index (χ1n) is 9.54. The highest BCUT2D eigenvalue weighted by atomic mass is 35.5. The molecule has 1 amide bonds. The minimum atomic E-state index is -0.640. The molecule has 1 saturated carbocycles. The Kier molecular flexibility index (Phi) is 5.24. The van der Waals surface area contributed by atoms with Crippen molar-refractivity contribution in [3.05, 3.63) is 80.8 Å². The molecule has 150 valence electrons. The number of nitrogens with one attached hydrogen (secondary N) is 1. The molecule has 0 aliphatic heterocycles. The molecule has 0 bridgehead atoms. The van der Waals surface area contributed by atoms with Crippen LogP contribution in [0.15, 0.2) is 51.9 Å². The number of amides is 1. The Bertz CT molecular complexity index is 1100. The van der Waals surface area contributed by atoms with Crippen LogP contribution in [0.1, 0.15) is 53.3 Å². The minimum Gasteiger partial charge on any atom is -0.340 e. The molecule has 1 aromatic carbocycles. The Morgan fingerprint density at radius 3 is 2.69 bits per heavy atom. The normalized spacial score (nSPS) is 15.4. The van der Waals surface area contributed by atoms with Gasteiger partial charge >= 0.3 is 0 Å². The summed E-state index contributed by atoms with van der Waals surface area (Å²) in [6.45, 7) is 2.01. The predicted octanol–water partition coefficient (Wildman–Crippen LogP) is 3.44. The summed E-state index contributed by atoms with van der Waals surface area (Å²) in [5.41, 5.74) is 0.357. The van der Waals surface area contributed by atoms with Gasteiger partial charge in [0.2, 0.25) is 5.89 Å². The molecule has 0 atom stereocenters. The molecule has 4 rings (SSSR count). The topological polar surface area (TPSA) is 90.0 Å². The molecule has 1 fully saturated rings. The number of carbonyl (C=O) groups is 1. The van der Waals surface area contributed by atoms with Crippen molar-refractivity contribution in [3.8, 4) is 0 Å². The number of benzene rings is 1. The smallest absolute Gasteiger partial charge is 0.253 e. The van der Waals surface area contributed by atoms with E-state index < -0.39 is 5.54 Å². The average Bonchev–Trinajstić information content (AvgIpc) is 3.35. The van der Waals surface area contributed by atoms with Crippen molar-refractivity contribution in [3.63, 3.8) is 0 Å². The molecule has 29 heavy (non-hydrogen) atoms. The van der Waals surface area contributed by atoms with Crippen molar-refractivity contribution in [2.45, 2.75) is 44.7 Å². The van der Waals surface area contributed by atoms with E-state index in [-0.39, 0.29) is 18.0 Å². The summed E-state index contributed by atoms with van der Waals surface area (Å²) < 4.78 is 6.61. The van der Waals surface area contributed by atoms with Crippen LogP contribution in [0.4, 0.5) is 0 Å². The average molecular weight is 413 g/mol. The van der Waals surface area contributed by atoms with E-state index in [0.717, 1.165) is 31.2 Å². The van der Waals surface area contributed by atoms with Gasteiger partial charge in [-0.25, -0.2) is 0 Å². The first-order chi connectivity index (χ1) is 14.0. The summed E-state index contributed by atoms with van der Waals surface area (Å²) >= 11 is 6.21. The summed E-state index contributed by atoms with van der Waals surface area (Å²) in [5.74, 6) is 0.696. The van der Waals surface area contributed by atoms with Gasteiger partial charge in [-0.3, -0.25) is 9.59 Å². The second-order valence-corrected chi connectivity index (χ2v) is 7.76. The predicted molar refractivity (Wildman–Crippen MR) is 108 cm³/mol. The molecule has 8 heteroatoms. The summed E-state index contributed by atoms with van der Waals surface area (Å²) in [6, 6.07) is 10.2. The van der Waals surface area contributed by atoms with E-state index in [1.54, 1.807) is 19.2 Å². The van der Waals surface area contributed by atoms with E-state index in [1.165, 1.54) is 16.7 Å². The maximum atomic E-state index is 13.0. The molecule has 0 saturated heterocycles. The van der Waals surface area contributed by atoms with Crippen LogP contribution in [0, 0.1) is 6.92 Å². The molecule has 0 spiro atoms. The van der Waals surface area contributed by atoms with Gasteiger partial charge in [0, 0.05) is 24.2 Å². The van der Waals surface area contributed by atoms with Crippen LogP contribution in [0.2, 0.25) is 5.02 Å². The number of carbonyl (C=O) groups excluding carboxylic acids is 1. The van der Waals surface area contributed by atoms with Gasteiger partial charge in [0.15, 0.2) is 5.82 Å². The van der Waals surface area contributed by atoms with E-state index in [2.05, 4.69) is 15.5 Å². The van der Waals surface area contributed by atoms with Crippen LogP contribution in [-0.4, -0.2) is 20.6 Å². The Morgan fingerprint density at radius 1 is 1.24 bits per heavy atom. The monoisotopic (exact) mass is 412 g/mol. The van der Waals surface area contributed by atoms with E-state index >= 15 is 0 Å². The third kappa shape index (κ3) is 3.96. The summed E-state index contributed by atoms with van der Waals surface area (Å²) in [7, 11) is 0. The Balaban J connectivity index is 1.60. The van der Waals surface area contributed by atoms with Crippen LogP contribution in [0.5, 0.6) is 0 Å². The highest BCUT2D eigenvalue weighted by molar-refractivity contribution is 6.31. The molecule has 1 N–H and O–H groups in total. The van der Waals surface area contributed by atoms with E-state index in [0.29, 0.717) is 22.3 Å². The minimum absolute atomic E-state index is 0.203. The van der Waals surface area contributed by atoms with Crippen LogP contribution >= 0.6 is 11.6 Å². The largest absolute Gasteiger partial charge is 0.340 e. The fourth-order valence-corrected chi connectivity index (χ4v) is 3.96. The highest BCUT2D eigenvalue weighted by Gasteiger charge is 2.41. The fourth-order valence-electron chi connectivity index (χ4n) is 3.77. The maximum Gasteiger partial charge on any atom is 0.253 e. The van der Waals surface area contributed by atoms with E-state index in [1.807, 2.05) is 18.2 Å². The second-order valence-electron chi connectivity index (χ2n) is 7.36. The van der Waals surface area contributed by atoms with Crippen molar-refractivity contribution >= 4 is 17.5 Å². The Hall–Kier alpha value is -2.93. The number of pyridine rings is 1. The molecule has 1 aliphatic carbocycles. The van der Waals surface area contributed by atoms with Crippen molar-refractivity contribution in [2.24, 2.45) is 0 Å². The Morgan fingerprint density at radius 2 is 2.00 bits per heavy atom. The lowest BCUT2D eigenvalue weighted by atomic mass is 9.96. The lowest BCUT2D eigenvalue weighted by Gasteiger charge is -2.26. The zero-order valence-electron chi connectivity index (χ0n) is 16.0. The zero-order valence-corrected chi connectivity index (χ0v) is 16.8. The van der Waals surface area contributed by atoms with Crippen molar-refractivity contribution in [1.82, 2.24) is 20.0 Å². The van der Waals surface area contributed by atoms with Crippen LogP contribution in [0.3, 0.4) is 0 Å². The number of aromatic nitrogens is 3. The van der Waals surface area contributed by atoms with Gasteiger partial charge in [0.05, 0.1) is 12.1 Å². The number of halogens is 1. The summed E-state index contributed by atoms with van der Waals surface area (Å²) in [4.78, 5) is 29.7. The number of aryl methyl sites for hydroxylation is 1. The first kappa shape index (κ1) is 19.4. The quantitative estimate of drug-likeness (QED) is 0.693. The zero-order chi connectivity index (χ0) is 20.4. The molecule has 2 heterocycles. The van der Waals surface area contributed by atoms with E-state index in [9.17, 15) is 9.59 Å². The van der Waals surface area contributed by atoms with Gasteiger partial charge in [0.1, 0.15) is 5.54 Å². The van der Waals surface area contributed by atoms with Gasteiger partial charge < -0.3 is 14.4 Å². The van der Waals surface area contributed by atoms with Gasteiger partial charge in [-0.1, -0.05) is 47.8 Å². The lowest BCUT2D eigenvalue weighted by Crippen LogP contribution is -2.45. The fraction of sp³-hybridized carbons (Fsp3) is 0.333. The van der Waals surface area contributed by atoms with Crippen LogP contribution in [0.25, 0.3) is 0 Å². The highest BCUT2D eigenvalue weighted by Crippen LogP contribution is 2.37. The second kappa shape index (κ2) is 7.83. The molecule has 0 unspecified atom stereocenters. The maximum absolute atomic E-state index is 13.0. The standard InChI is InChI=1S/C21H21ClN4O3/c1-14-23-20(25-29-14)21(10-4-5-11-21)24-19(28)16-8-9-18(27)26(13-16)12-15-6-2-3-7-17(15)22/h2-3,6-9,13H,4-5,10-12H2,1H3,(H,24,28). The van der Waals surface area contributed by atoms with Crippen LogP contribution in [-0.2, 0) is 12.1 Å². The summed E-state index contributed by atoms with van der Waals surface area (Å²) in [5, 5.41) is 7.71. The van der Waals surface area contributed by atoms with Gasteiger partial charge in [-0.15, -0.1) is 0 Å². The van der Waals surface area contributed by atoms with E-state index in [4.69, 9.17) is 16.1 Å². The third-order valence-electron chi connectivity index (χ3n) is 5.31. The van der Waals surface area contributed by atoms with Crippen molar-refractivity contribution < 1.29 is 9.32 Å². The van der Waals surface area contributed by atoms with Gasteiger partial charge in [-0.2, -0.15) is 4.98 Å². The van der Waals surface area contributed by atoms with Crippen LogP contribution < -0.4 is 10.9 Å². The molecular weight excluding hydrogens is 392 g/mol. The van der Waals surface area contributed by atoms with Gasteiger partial charge in [0.25, 0.3) is 11.5 Å². The number of hydrogen-bond acceptors (Lipinski definition) is 5. The molecule has 7 nitrogen and oxygen atoms in total. The van der Waals surface area contributed by atoms with Crippen molar-refractivity contribution in [1.29, 1.82) is 0 Å². The molecule has 2 aromatic heterocycles. The van der Waals surface area contributed by atoms with Gasteiger partial charge in [-0.05, 0) is 30.5 Å². The number of rotatable bonds is 5. The molecule has 1 aliphatic rings. The van der Waals surface area contributed by atoms with Crippen molar-refractivity contribution in [2.75, 3.05) is 0 Å². The SMILES string of the molecule is Cc1nc(C2(NC(=O)c3ccc(=O)n(Cc4ccccc4Cl)c3)CCCC2)no1. The number of nitrogens with zero attached hydrogens (tertiary/aromatic N) is 3. The molecule has 3 aromatic rings. The first-order valence-corrected chi connectivity index (χ1v) is 9.92. The number of hydrogen-bond donors (Lipinski definition) is 1. The third-order valence-corrected chi connectivity index (χ3v) is 5.68.